The summed E-state index contributed by atoms with van der Waals surface area (Å²) in [6, 6.07) is 70.9. The van der Waals surface area contributed by atoms with Crippen molar-refractivity contribution < 1.29 is 0 Å². The molecule has 0 saturated carbocycles. The minimum Gasteiger partial charge on any atom is -0.307 e. The highest BCUT2D eigenvalue weighted by molar-refractivity contribution is 6.11. The van der Waals surface area contributed by atoms with Crippen LogP contribution in [0.15, 0.2) is 200 Å². The Labute approximate surface area is 388 Å². The van der Waals surface area contributed by atoms with Gasteiger partial charge in [-0.3, -0.25) is 9.97 Å². The first-order valence-electron chi connectivity index (χ1n) is 22.7. The molecule has 7 aromatic carbocycles. The molecule has 0 aliphatic heterocycles. The largest absolute Gasteiger partial charge is 0.307 e. The van der Waals surface area contributed by atoms with Crippen molar-refractivity contribution in [2.24, 2.45) is 0 Å². The van der Waals surface area contributed by atoms with Crippen LogP contribution in [0.5, 0.6) is 0 Å². The number of benzene rings is 7. The summed E-state index contributed by atoms with van der Waals surface area (Å²) in [4.78, 5) is 23.6. The minimum atomic E-state index is 0.651. The molecule has 0 N–H and O–H groups in total. The van der Waals surface area contributed by atoms with Gasteiger partial charge in [0, 0.05) is 50.2 Å². The van der Waals surface area contributed by atoms with E-state index in [1.54, 1.807) is 0 Å². The zero-order chi connectivity index (χ0) is 45.2. The lowest BCUT2D eigenvalue weighted by Gasteiger charge is -2.31. The van der Waals surface area contributed by atoms with E-state index in [0.29, 0.717) is 5.82 Å². The van der Waals surface area contributed by atoms with Gasteiger partial charge in [0.1, 0.15) is 0 Å². The van der Waals surface area contributed by atoms with Gasteiger partial charge in [-0.05, 0) is 119 Å². The van der Waals surface area contributed by atoms with E-state index in [0.717, 1.165) is 112 Å². The summed E-state index contributed by atoms with van der Waals surface area (Å²) in [5.74, 6) is 0.651. The molecule has 0 amide bonds. The fourth-order valence-electron chi connectivity index (χ4n) is 9.66. The molecule has 5 aromatic heterocycles. The van der Waals surface area contributed by atoms with Crippen LogP contribution in [0.4, 0.5) is 17.1 Å². The van der Waals surface area contributed by atoms with E-state index in [9.17, 15) is 0 Å². The van der Waals surface area contributed by atoms with Crippen LogP contribution in [0.3, 0.4) is 0 Å². The van der Waals surface area contributed by atoms with Gasteiger partial charge in [-0.15, -0.1) is 0 Å². The molecule has 0 aliphatic rings. The van der Waals surface area contributed by atoms with Crippen LogP contribution in [-0.2, 0) is 0 Å². The first-order chi connectivity index (χ1) is 32.9. The summed E-state index contributed by atoms with van der Waals surface area (Å²) in [5.41, 5.74) is 19.7. The number of fused-ring (bicyclic) bond motifs is 6. The Kier molecular flexibility index (Phi) is 9.57. The summed E-state index contributed by atoms with van der Waals surface area (Å²) in [7, 11) is 0. The van der Waals surface area contributed by atoms with Crippen molar-refractivity contribution in [3.8, 4) is 45.3 Å². The third-order valence-corrected chi connectivity index (χ3v) is 12.7. The quantitative estimate of drug-likeness (QED) is 0.152. The molecular weight excluding hydrogens is 819 g/mol. The van der Waals surface area contributed by atoms with Crippen LogP contribution in [0.25, 0.3) is 89.2 Å². The zero-order valence-electron chi connectivity index (χ0n) is 37.7. The standard InChI is InChI=1S/C60H45N7/c1-38-25-29-51-47(33-38)57-53(31-27-40(3)61-57)66(51)55-35-44(50-37-49(42-17-9-5-10-18-42)63-60(64-50)43-19-11-6-12-20-43)36-56(59(55)65(45-21-13-7-14-22-45)46-23-15-8-16-24-46)67-52-30-26-39(2)34-48(52)58-54(67)32-28-41(4)62-58/h5-37H,1-4H3. The highest BCUT2D eigenvalue weighted by atomic mass is 15.2. The van der Waals surface area contributed by atoms with E-state index in [2.05, 4.69) is 218 Å². The van der Waals surface area contributed by atoms with E-state index in [-0.39, 0.29) is 0 Å². The molecule has 67 heavy (non-hydrogen) atoms. The Hall–Kier alpha value is -8.68. The van der Waals surface area contributed by atoms with Crippen molar-refractivity contribution in [3.05, 3.63) is 223 Å². The first kappa shape index (κ1) is 39.9. The minimum absolute atomic E-state index is 0.651. The van der Waals surface area contributed by atoms with Gasteiger partial charge in [0.25, 0.3) is 0 Å². The summed E-state index contributed by atoms with van der Waals surface area (Å²) < 4.78 is 4.82. The third-order valence-electron chi connectivity index (χ3n) is 12.7. The van der Waals surface area contributed by atoms with Crippen molar-refractivity contribution in [2.45, 2.75) is 27.7 Å². The summed E-state index contributed by atoms with van der Waals surface area (Å²) in [5, 5.41) is 2.18. The van der Waals surface area contributed by atoms with Crippen LogP contribution in [0, 0.1) is 27.7 Å². The molecule has 0 unspecified atom stereocenters. The maximum atomic E-state index is 5.46. The predicted octanol–water partition coefficient (Wildman–Crippen LogP) is 15.2. The van der Waals surface area contributed by atoms with Crippen molar-refractivity contribution in [1.29, 1.82) is 0 Å². The van der Waals surface area contributed by atoms with E-state index in [1.807, 2.05) is 24.3 Å². The molecule has 0 bridgehead atoms. The number of aryl methyl sites for hydroxylation is 4. The van der Waals surface area contributed by atoms with Crippen molar-refractivity contribution in [3.63, 3.8) is 0 Å². The highest BCUT2D eigenvalue weighted by Crippen LogP contribution is 2.48. The molecule has 12 aromatic rings. The second-order valence-electron chi connectivity index (χ2n) is 17.4. The van der Waals surface area contributed by atoms with E-state index >= 15 is 0 Å². The van der Waals surface area contributed by atoms with E-state index in [1.165, 1.54) is 11.1 Å². The molecular formula is C60H45N7. The van der Waals surface area contributed by atoms with Crippen LogP contribution >= 0.6 is 0 Å². The van der Waals surface area contributed by atoms with Crippen LogP contribution in [-0.4, -0.2) is 29.1 Å². The molecule has 0 radical (unpaired) electrons. The average molecular weight is 864 g/mol. The lowest BCUT2D eigenvalue weighted by atomic mass is 10.0. The molecule has 12 rings (SSSR count). The highest BCUT2D eigenvalue weighted by Gasteiger charge is 2.29. The zero-order valence-corrected chi connectivity index (χ0v) is 37.7. The summed E-state index contributed by atoms with van der Waals surface area (Å²) >= 11 is 0. The number of hydrogen-bond acceptors (Lipinski definition) is 5. The van der Waals surface area contributed by atoms with Gasteiger partial charge in [0.05, 0.1) is 61.6 Å². The number of rotatable bonds is 8. The Bertz CT molecular complexity index is 3480. The molecule has 320 valence electrons. The maximum absolute atomic E-state index is 5.46. The normalized spacial score (nSPS) is 11.6. The fourth-order valence-corrected chi connectivity index (χ4v) is 9.66. The van der Waals surface area contributed by atoms with Gasteiger partial charge in [-0.1, -0.05) is 120 Å². The molecule has 0 fully saturated rings. The van der Waals surface area contributed by atoms with E-state index < -0.39 is 0 Å². The van der Waals surface area contributed by atoms with Gasteiger partial charge < -0.3 is 14.0 Å². The number of hydrogen-bond donors (Lipinski definition) is 0. The third kappa shape index (κ3) is 6.91. The molecule has 0 saturated heterocycles. The monoisotopic (exact) mass is 863 g/mol. The average Bonchev–Trinajstić information content (AvgIpc) is 3.85. The smallest absolute Gasteiger partial charge is 0.160 e. The number of para-hydroxylation sites is 2. The first-order valence-corrected chi connectivity index (χ1v) is 22.7. The second-order valence-corrected chi connectivity index (χ2v) is 17.4. The van der Waals surface area contributed by atoms with E-state index in [4.69, 9.17) is 19.9 Å². The second kappa shape index (κ2) is 16.1. The van der Waals surface area contributed by atoms with Crippen molar-refractivity contribution >= 4 is 60.9 Å². The van der Waals surface area contributed by atoms with Gasteiger partial charge in [-0.2, -0.15) is 0 Å². The Morgan fingerprint density at radius 2 is 0.776 bits per heavy atom. The van der Waals surface area contributed by atoms with Gasteiger partial charge >= 0.3 is 0 Å². The van der Waals surface area contributed by atoms with Crippen LogP contribution in [0.2, 0.25) is 0 Å². The summed E-state index contributed by atoms with van der Waals surface area (Å²) in [6.07, 6.45) is 0. The molecule has 0 atom stereocenters. The molecule has 7 heteroatoms. The number of pyridine rings is 2. The molecule has 0 aliphatic carbocycles. The lowest BCUT2D eigenvalue weighted by Crippen LogP contribution is -2.16. The Balaban J connectivity index is 1.31. The molecule has 7 nitrogen and oxygen atoms in total. The molecule has 5 heterocycles. The molecule has 0 spiro atoms. The fraction of sp³-hybridized carbons (Fsp3) is 0.0667. The number of anilines is 3. The van der Waals surface area contributed by atoms with Gasteiger partial charge in [-0.25, -0.2) is 9.97 Å². The summed E-state index contributed by atoms with van der Waals surface area (Å²) in [6.45, 7) is 8.44. The number of aromatic nitrogens is 6. The van der Waals surface area contributed by atoms with Gasteiger partial charge in [0.2, 0.25) is 0 Å². The van der Waals surface area contributed by atoms with Crippen LogP contribution in [0.1, 0.15) is 22.5 Å². The Morgan fingerprint density at radius 3 is 1.25 bits per heavy atom. The van der Waals surface area contributed by atoms with Crippen LogP contribution < -0.4 is 4.90 Å². The van der Waals surface area contributed by atoms with Crippen molar-refractivity contribution in [1.82, 2.24) is 29.1 Å². The predicted molar refractivity (Wildman–Crippen MR) is 276 cm³/mol. The van der Waals surface area contributed by atoms with Gasteiger partial charge in [0.15, 0.2) is 5.82 Å². The number of nitrogens with zero attached hydrogens (tertiary/aromatic N) is 7. The maximum Gasteiger partial charge on any atom is 0.160 e. The van der Waals surface area contributed by atoms with Crippen molar-refractivity contribution in [2.75, 3.05) is 4.90 Å². The SMILES string of the molecule is Cc1ccc2c(c1)c1nc(C)ccc1n2-c1cc(-c2cc(-c3ccccc3)nc(-c3ccccc3)n2)cc(-n2c3ccc(C)cc3c3nc(C)ccc32)c1N(c1ccccc1)c1ccccc1. The lowest BCUT2D eigenvalue weighted by molar-refractivity contribution is 1.09. The topological polar surface area (TPSA) is 64.7 Å². The Morgan fingerprint density at radius 1 is 0.358 bits per heavy atom.